The van der Waals surface area contributed by atoms with Crippen LogP contribution in [0.3, 0.4) is 0 Å². The van der Waals surface area contributed by atoms with Crippen molar-refractivity contribution in [2.24, 2.45) is 17.1 Å². The maximum absolute atomic E-state index is 5.97. The lowest BCUT2D eigenvalue weighted by atomic mass is 9.80. The first-order valence-corrected chi connectivity index (χ1v) is 8.93. The van der Waals surface area contributed by atoms with Crippen molar-refractivity contribution in [3.63, 3.8) is 0 Å². The molecule has 0 aromatic rings. The Kier molecular flexibility index (Phi) is 8.77. The quantitative estimate of drug-likeness (QED) is 0.427. The number of unbranched alkanes of at least 4 members (excludes halogenated alkanes) is 9. The van der Waals surface area contributed by atoms with Gasteiger partial charge in [-0.05, 0) is 37.1 Å². The molecule has 1 nitrogen and oxygen atoms in total. The van der Waals surface area contributed by atoms with Crippen molar-refractivity contribution in [3.8, 4) is 0 Å². The Morgan fingerprint density at radius 3 is 1.74 bits per heavy atom. The first-order valence-electron chi connectivity index (χ1n) is 8.93. The number of hydrogen-bond acceptors (Lipinski definition) is 1. The van der Waals surface area contributed by atoms with Crippen LogP contribution in [0.1, 0.15) is 97.3 Å². The lowest BCUT2D eigenvalue weighted by Crippen LogP contribution is -2.29. The summed E-state index contributed by atoms with van der Waals surface area (Å²) >= 11 is 0. The molecule has 0 saturated heterocycles. The van der Waals surface area contributed by atoms with Gasteiger partial charge in [-0.15, -0.1) is 0 Å². The molecule has 2 N–H and O–H groups in total. The zero-order chi connectivity index (χ0) is 14.0. The first kappa shape index (κ1) is 17.0. The molecule has 1 atom stereocenters. The zero-order valence-electron chi connectivity index (χ0n) is 13.6. The summed E-state index contributed by atoms with van der Waals surface area (Å²) in [6.07, 6.45) is 18.6. The molecule has 1 heteroatoms. The van der Waals surface area contributed by atoms with Gasteiger partial charge in [-0.2, -0.15) is 0 Å². The number of hydrogen-bond donors (Lipinski definition) is 1. The fraction of sp³-hybridized carbons (Fsp3) is 1.00. The summed E-state index contributed by atoms with van der Waals surface area (Å²) in [4.78, 5) is 0. The van der Waals surface area contributed by atoms with Gasteiger partial charge >= 0.3 is 0 Å². The van der Waals surface area contributed by atoms with Crippen LogP contribution in [0, 0.1) is 11.3 Å². The summed E-state index contributed by atoms with van der Waals surface area (Å²) in [6, 6.07) is 0. The van der Waals surface area contributed by atoms with E-state index in [4.69, 9.17) is 5.73 Å². The minimum atomic E-state index is 0.472. The van der Waals surface area contributed by atoms with E-state index >= 15 is 0 Å². The van der Waals surface area contributed by atoms with Crippen LogP contribution in [-0.4, -0.2) is 6.54 Å². The van der Waals surface area contributed by atoms with E-state index in [1.54, 1.807) is 0 Å². The highest BCUT2D eigenvalue weighted by atomic mass is 14.6. The van der Waals surface area contributed by atoms with Crippen molar-refractivity contribution in [1.82, 2.24) is 0 Å². The van der Waals surface area contributed by atoms with E-state index < -0.39 is 0 Å². The molecule has 1 fully saturated rings. The third-order valence-corrected chi connectivity index (χ3v) is 5.13. The van der Waals surface area contributed by atoms with E-state index in [1.165, 1.54) is 83.5 Å². The molecule has 0 aliphatic heterocycles. The molecule has 1 rings (SSSR count). The molecule has 1 unspecified atom stereocenters. The average molecular weight is 268 g/mol. The van der Waals surface area contributed by atoms with Crippen molar-refractivity contribution in [3.05, 3.63) is 0 Å². The van der Waals surface area contributed by atoms with Gasteiger partial charge in [0.15, 0.2) is 0 Å². The highest BCUT2D eigenvalue weighted by Crippen LogP contribution is 2.47. The molecule has 0 spiro atoms. The predicted molar refractivity (Wildman–Crippen MR) is 86.3 cm³/mol. The predicted octanol–water partition coefficient (Wildman–Crippen LogP) is 5.67. The fourth-order valence-corrected chi connectivity index (χ4v) is 3.27. The summed E-state index contributed by atoms with van der Waals surface area (Å²) in [6.45, 7) is 5.60. The van der Waals surface area contributed by atoms with E-state index in [-0.39, 0.29) is 0 Å². The van der Waals surface area contributed by atoms with Crippen molar-refractivity contribution < 1.29 is 0 Å². The molecular weight excluding hydrogens is 230 g/mol. The van der Waals surface area contributed by atoms with Crippen LogP contribution in [0.15, 0.2) is 0 Å². The van der Waals surface area contributed by atoms with Crippen LogP contribution in [-0.2, 0) is 0 Å². The molecule has 1 aliphatic rings. The van der Waals surface area contributed by atoms with E-state index in [1.807, 2.05) is 0 Å². The standard InChI is InChI=1S/C18H37N/c1-3-4-5-6-7-8-9-10-11-12-15-18(2,16-19)17-13-14-17/h17H,3-16,19H2,1-2H3. The van der Waals surface area contributed by atoms with Crippen molar-refractivity contribution in [2.75, 3.05) is 6.54 Å². The Labute approximate surface area is 121 Å². The molecule has 1 aliphatic carbocycles. The molecule has 0 amide bonds. The fourth-order valence-electron chi connectivity index (χ4n) is 3.27. The van der Waals surface area contributed by atoms with Gasteiger partial charge in [0, 0.05) is 0 Å². The third kappa shape index (κ3) is 7.34. The van der Waals surface area contributed by atoms with Crippen molar-refractivity contribution in [2.45, 2.75) is 97.3 Å². The highest BCUT2D eigenvalue weighted by Gasteiger charge is 2.39. The second-order valence-electron chi connectivity index (χ2n) is 7.06. The minimum Gasteiger partial charge on any atom is -0.330 e. The molecule has 0 heterocycles. The topological polar surface area (TPSA) is 26.0 Å². The van der Waals surface area contributed by atoms with Gasteiger partial charge in [0.1, 0.15) is 0 Å². The van der Waals surface area contributed by atoms with E-state index in [2.05, 4.69) is 13.8 Å². The van der Waals surface area contributed by atoms with E-state index in [0.717, 1.165) is 12.5 Å². The maximum atomic E-state index is 5.97. The molecule has 0 bridgehead atoms. The van der Waals surface area contributed by atoms with Crippen LogP contribution in [0.5, 0.6) is 0 Å². The van der Waals surface area contributed by atoms with Gasteiger partial charge in [-0.1, -0.05) is 78.1 Å². The van der Waals surface area contributed by atoms with E-state index in [9.17, 15) is 0 Å². The Morgan fingerprint density at radius 2 is 1.32 bits per heavy atom. The molecule has 114 valence electrons. The summed E-state index contributed by atoms with van der Waals surface area (Å²) < 4.78 is 0. The van der Waals surface area contributed by atoms with Gasteiger partial charge in [-0.3, -0.25) is 0 Å². The Bertz CT molecular complexity index is 210. The molecule has 0 aromatic heterocycles. The highest BCUT2D eigenvalue weighted by molar-refractivity contribution is 4.91. The molecule has 0 radical (unpaired) electrons. The lowest BCUT2D eigenvalue weighted by molar-refractivity contribution is 0.249. The molecular formula is C18H37N. The molecule has 0 aromatic carbocycles. The van der Waals surface area contributed by atoms with Gasteiger partial charge < -0.3 is 5.73 Å². The number of nitrogens with two attached hydrogens (primary N) is 1. The smallest absolute Gasteiger partial charge is 0.00205 e. The lowest BCUT2D eigenvalue weighted by Gasteiger charge is -2.28. The second-order valence-corrected chi connectivity index (χ2v) is 7.06. The van der Waals surface area contributed by atoms with Crippen LogP contribution < -0.4 is 5.73 Å². The largest absolute Gasteiger partial charge is 0.330 e. The SMILES string of the molecule is CCCCCCCCCCCCC(C)(CN)C1CC1. The van der Waals surface area contributed by atoms with Crippen molar-refractivity contribution >= 4 is 0 Å². The van der Waals surface area contributed by atoms with Gasteiger partial charge in [0.05, 0.1) is 0 Å². The normalized spacial score (nSPS) is 18.5. The van der Waals surface area contributed by atoms with Crippen molar-refractivity contribution in [1.29, 1.82) is 0 Å². The number of rotatable bonds is 13. The summed E-state index contributed by atoms with van der Waals surface area (Å²) in [5.41, 5.74) is 6.44. The van der Waals surface area contributed by atoms with Gasteiger partial charge in [0.25, 0.3) is 0 Å². The van der Waals surface area contributed by atoms with Gasteiger partial charge in [-0.25, -0.2) is 0 Å². The second kappa shape index (κ2) is 9.80. The zero-order valence-corrected chi connectivity index (χ0v) is 13.6. The Balaban J connectivity index is 1.85. The molecule has 19 heavy (non-hydrogen) atoms. The monoisotopic (exact) mass is 267 g/mol. The van der Waals surface area contributed by atoms with Gasteiger partial charge in [0.2, 0.25) is 0 Å². The third-order valence-electron chi connectivity index (χ3n) is 5.13. The Hall–Kier alpha value is -0.0400. The summed E-state index contributed by atoms with van der Waals surface area (Å²) in [7, 11) is 0. The Morgan fingerprint density at radius 1 is 0.842 bits per heavy atom. The maximum Gasteiger partial charge on any atom is -0.00205 e. The van der Waals surface area contributed by atoms with Crippen LogP contribution in [0.25, 0.3) is 0 Å². The van der Waals surface area contributed by atoms with E-state index in [0.29, 0.717) is 5.41 Å². The summed E-state index contributed by atoms with van der Waals surface area (Å²) in [5, 5.41) is 0. The van der Waals surface area contributed by atoms with Crippen LogP contribution >= 0.6 is 0 Å². The van der Waals surface area contributed by atoms with Crippen LogP contribution in [0.2, 0.25) is 0 Å². The average Bonchev–Trinajstić information content (AvgIpc) is 3.25. The minimum absolute atomic E-state index is 0.472. The summed E-state index contributed by atoms with van der Waals surface area (Å²) in [5.74, 6) is 0.955. The first-order chi connectivity index (χ1) is 9.23. The molecule has 1 saturated carbocycles. The van der Waals surface area contributed by atoms with Crippen LogP contribution in [0.4, 0.5) is 0 Å².